The van der Waals surface area contributed by atoms with E-state index < -0.39 is 0 Å². The van der Waals surface area contributed by atoms with Crippen LogP contribution in [0.25, 0.3) is 0 Å². The summed E-state index contributed by atoms with van der Waals surface area (Å²) in [6.07, 6.45) is 2.38. The van der Waals surface area contributed by atoms with E-state index in [0.717, 1.165) is 17.2 Å². The molecule has 15 heavy (non-hydrogen) atoms. The van der Waals surface area contributed by atoms with Crippen molar-refractivity contribution < 1.29 is 0 Å². The molecule has 1 atom stereocenters. The van der Waals surface area contributed by atoms with Crippen LogP contribution >= 0.6 is 0 Å². The Bertz CT molecular complexity index is 323. The third-order valence-electron chi connectivity index (χ3n) is 2.84. The Morgan fingerprint density at radius 3 is 2.67 bits per heavy atom. The zero-order valence-corrected chi connectivity index (χ0v) is 10.1. The van der Waals surface area contributed by atoms with Crippen LogP contribution in [0.3, 0.4) is 0 Å². The summed E-state index contributed by atoms with van der Waals surface area (Å²) in [6, 6.07) is 4.42. The number of aromatic nitrogens is 1. The highest BCUT2D eigenvalue weighted by Crippen LogP contribution is 2.18. The van der Waals surface area contributed by atoms with Crippen molar-refractivity contribution in [1.29, 1.82) is 0 Å². The van der Waals surface area contributed by atoms with Gasteiger partial charge in [0, 0.05) is 13.1 Å². The topological polar surface area (TPSA) is 42.1 Å². The smallest absolute Gasteiger partial charge is 0.128 e. The molecule has 1 aromatic heterocycles. The van der Waals surface area contributed by atoms with Crippen LogP contribution in [0.15, 0.2) is 12.1 Å². The molecule has 0 aromatic carbocycles. The molecular formula is C12H21N3. The lowest BCUT2D eigenvalue weighted by atomic mass is 10.1. The molecule has 2 N–H and O–H groups in total. The molecule has 0 amide bonds. The average molecular weight is 207 g/mol. The molecule has 1 unspecified atom stereocenters. The fraction of sp³-hybridized carbons (Fsp3) is 0.583. The Hall–Kier alpha value is -1.25. The third kappa shape index (κ3) is 2.85. The van der Waals surface area contributed by atoms with Gasteiger partial charge >= 0.3 is 0 Å². The number of rotatable bonds is 4. The number of nitrogens with two attached hydrogens (primary N) is 1. The highest BCUT2D eigenvalue weighted by molar-refractivity contribution is 5.50. The van der Waals surface area contributed by atoms with Crippen molar-refractivity contribution in [3.05, 3.63) is 17.8 Å². The number of aryl methyl sites for hydroxylation is 1. The molecular weight excluding hydrogens is 186 g/mol. The largest absolute Gasteiger partial charge is 0.397 e. The van der Waals surface area contributed by atoms with Crippen LogP contribution < -0.4 is 10.6 Å². The summed E-state index contributed by atoms with van der Waals surface area (Å²) >= 11 is 0. The van der Waals surface area contributed by atoms with Crippen LogP contribution in [-0.2, 0) is 0 Å². The molecule has 1 aromatic rings. The Labute approximate surface area is 92.3 Å². The van der Waals surface area contributed by atoms with E-state index in [2.05, 4.69) is 30.8 Å². The van der Waals surface area contributed by atoms with Gasteiger partial charge in [0.2, 0.25) is 0 Å². The second-order valence-corrected chi connectivity index (χ2v) is 4.09. The maximum atomic E-state index is 5.74. The normalized spacial score (nSPS) is 12.5. The molecule has 3 nitrogen and oxygen atoms in total. The molecule has 0 aliphatic heterocycles. The van der Waals surface area contributed by atoms with Crippen LogP contribution in [0.2, 0.25) is 0 Å². The summed E-state index contributed by atoms with van der Waals surface area (Å²) in [4.78, 5) is 6.68. The Morgan fingerprint density at radius 1 is 1.47 bits per heavy atom. The van der Waals surface area contributed by atoms with Crippen LogP contribution in [0.5, 0.6) is 0 Å². The van der Waals surface area contributed by atoms with Crippen molar-refractivity contribution in [2.45, 2.75) is 39.7 Å². The van der Waals surface area contributed by atoms with Gasteiger partial charge in [0.1, 0.15) is 5.82 Å². The van der Waals surface area contributed by atoms with E-state index in [4.69, 9.17) is 5.73 Å². The number of nitrogens with zero attached hydrogens (tertiary/aromatic N) is 2. The third-order valence-corrected chi connectivity index (χ3v) is 2.84. The monoisotopic (exact) mass is 207 g/mol. The van der Waals surface area contributed by atoms with Gasteiger partial charge in [0.25, 0.3) is 0 Å². The van der Waals surface area contributed by atoms with Crippen LogP contribution in [-0.4, -0.2) is 18.1 Å². The number of anilines is 2. The molecule has 0 bridgehead atoms. The van der Waals surface area contributed by atoms with E-state index >= 15 is 0 Å². The lowest BCUT2D eigenvalue weighted by Gasteiger charge is -2.26. The first kappa shape index (κ1) is 11.8. The van der Waals surface area contributed by atoms with Gasteiger partial charge in [-0.05, 0) is 32.4 Å². The lowest BCUT2D eigenvalue weighted by molar-refractivity contribution is 0.611. The van der Waals surface area contributed by atoms with Crippen molar-refractivity contribution in [2.75, 3.05) is 17.7 Å². The summed E-state index contributed by atoms with van der Waals surface area (Å²) in [5.41, 5.74) is 7.41. The predicted molar refractivity (Wildman–Crippen MR) is 66.2 cm³/mol. The van der Waals surface area contributed by atoms with Gasteiger partial charge in [-0.15, -0.1) is 0 Å². The molecule has 0 radical (unpaired) electrons. The standard InChI is InChI=1S/C12H21N3/c1-5-6-9(2)15(4)12-8-7-11(13)10(3)14-12/h7-9H,5-6,13H2,1-4H3. The van der Waals surface area contributed by atoms with E-state index in [9.17, 15) is 0 Å². The molecule has 0 saturated heterocycles. The van der Waals surface area contributed by atoms with Gasteiger partial charge in [-0.1, -0.05) is 13.3 Å². The van der Waals surface area contributed by atoms with Crippen LogP contribution in [0.4, 0.5) is 11.5 Å². The highest BCUT2D eigenvalue weighted by Gasteiger charge is 2.10. The second kappa shape index (κ2) is 5.01. The zero-order valence-electron chi connectivity index (χ0n) is 10.1. The Morgan fingerprint density at radius 2 is 2.13 bits per heavy atom. The number of hydrogen-bond donors (Lipinski definition) is 1. The molecule has 1 rings (SSSR count). The quantitative estimate of drug-likeness (QED) is 0.825. The maximum absolute atomic E-state index is 5.74. The zero-order chi connectivity index (χ0) is 11.4. The van der Waals surface area contributed by atoms with E-state index in [-0.39, 0.29) is 0 Å². The molecule has 0 spiro atoms. The minimum Gasteiger partial charge on any atom is -0.397 e. The Balaban J connectivity index is 2.81. The van der Waals surface area contributed by atoms with Gasteiger partial charge < -0.3 is 10.6 Å². The molecule has 0 aliphatic rings. The second-order valence-electron chi connectivity index (χ2n) is 4.09. The summed E-state index contributed by atoms with van der Waals surface area (Å²) in [7, 11) is 2.08. The van der Waals surface area contributed by atoms with E-state index in [0.29, 0.717) is 6.04 Å². The van der Waals surface area contributed by atoms with E-state index in [1.807, 2.05) is 19.1 Å². The highest BCUT2D eigenvalue weighted by atomic mass is 15.2. The first-order chi connectivity index (χ1) is 7.06. The van der Waals surface area contributed by atoms with Gasteiger partial charge in [-0.25, -0.2) is 4.98 Å². The Kier molecular flexibility index (Phi) is 3.95. The summed E-state index contributed by atoms with van der Waals surface area (Å²) in [5, 5.41) is 0. The van der Waals surface area contributed by atoms with E-state index in [1.54, 1.807) is 0 Å². The van der Waals surface area contributed by atoms with Crippen LogP contribution in [0, 0.1) is 6.92 Å². The number of pyridine rings is 1. The number of hydrogen-bond acceptors (Lipinski definition) is 3. The fourth-order valence-corrected chi connectivity index (χ4v) is 1.59. The van der Waals surface area contributed by atoms with Gasteiger partial charge in [-0.2, -0.15) is 0 Å². The average Bonchev–Trinajstić information content (AvgIpc) is 2.21. The van der Waals surface area contributed by atoms with Gasteiger partial charge in [0.05, 0.1) is 11.4 Å². The molecule has 1 heterocycles. The van der Waals surface area contributed by atoms with Crippen molar-refractivity contribution >= 4 is 11.5 Å². The minimum absolute atomic E-state index is 0.519. The van der Waals surface area contributed by atoms with Gasteiger partial charge in [0.15, 0.2) is 0 Å². The molecule has 0 saturated carbocycles. The minimum atomic E-state index is 0.519. The van der Waals surface area contributed by atoms with Crippen molar-refractivity contribution in [3.8, 4) is 0 Å². The predicted octanol–water partition coefficient (Wildman–Crippen LogP) is 2.60. The first-order valence-electron chi connectivity index (χ1n) is 5.52. The molecule has 0 aliphatic carbocycles. The van der Waals surface area contributed by atoms with Crippen LogP contribution in [0.1, 0.15) is 32.4 Å². The molecule has 84 valence electrons. The van der Waals surface area contributed by atoms with Crippen molar-refractivity contribution in [1.82, 2.24) is 4.98 Å². The number of nitrogen functional groups attached to an aromatic ring is 1. The maximum Gasteiger partial charge on any atom is 0.128 e. The lowest BCUT2D eigenvalue weighted by Crippen LogP contribution is -2.29. The van der Waals surface area contributed by atoms with Crippen molar-refractivity contribution in [2.24, 2.45) is 0 Å². The summed E-state index contributed by atoms with van der Waals surface area (Å²) in [6.45, 7) is 6.36. The van der Waals surface area contributed by atoms with Crippen molar-refractivity contribution in [3.63, 3.8) is 0 Å². The van der Waals surface area contributed by atoms with E-state index in [1.165, 1.54) is 12.8 Å². The van der Waals surface area contributed by atoms with Gasteiger partial charge in [-0.3, -0.25) is 0 Å². The first-order valence-corrected chi connectivity index (χ1v) is 5.52. The molecule has 0 fully saturated rings. The fourth-order valence-electron chi connectivity index (χ4n) is 1.59. The molecule has 3 heteroatoms. The SMILES string of the molecule is CCCC(C)N(C)c1ccc(N)c(C)n1. The summed E-state index contributed by atoms with van der Waals surface area (Å²) in [5.74, 6) is 1.00. The summed E-state index contributed by atoms with van der Waals surface area (Å²) < 4.78 is 0.